The number of nitrogens with one attached hydrogen (secondary N) is 1. The molecule has 0 fully saturated rings. The van der Waals surface area contributed by atoms with Crippen LogP contribution < -0.4 is 15.0 Å². The van der Waals surface area contributed by atoms with Gasteiger partial charge in [0.1, 0.15) is 5.75 Å². The number of fused-ring (bicyclic) bond motifs is 1. The first-order chi connectivity index (χ1) is 20.7. The molecular weight excluding hydrogens is 562 g/mol. The van der Waals surface area contributed by atoms with Gasteiger partial charge < -0.3 is 15.0 Å². The lowest BCUT2D eigenvalue weighted by atomic mass is 10.1. The number of ether oxygens (including phenoxy) is 1. The molecule has 5 rings (SSSR count). The molecule has 222 valence electrons. The van der Waals surface area contributed by atoms with Crippen LogP contribution in [-0.4, -0.2) is 50.3 Å². The van der Waals surface area contributed by atoms with Gasteiger partial charge in [0.15, 0.2) is 6.10 Å². The van der Waals surface area contributed by atoms with Crippen LogP contribution >= 0.6 is 0 Å². The summed E-state index contributed by atoms with van der Waals surface area (Å²) in [6.07, 6.45) is -0.294. The normalized spacial score (nSPS) is 14.6. The molecule has 43 heavy (non-hydrogen) atoms. The number of carbonyl (C=O) groups is 2. The Morgan fingerprint density at radius 2 is 1.56 bits per heavy atom. The minimum absolute atomic E-state index is 0.0129. The van der Waals surface area contributed by atoms with E-state index in [0.29, 0.717) is 24.4 Å². The highest BCUT2D eigenvalue weighted by Crippen LogP contribution is 2.33. The molecule has 0 radical (unpaired) electrons. The lowest BCUT2D eigenvalue weighted by Gasteiger charge is -2.35. The molecule has 1 atom stereocenters. The van der Waals surface area contributed by atoms with E-state index in [-0.39, 0.29) is 23.9 Å². The average Bonchev–Trinajstić information content (AvgIpc) is 3.01. The predicted molar refractivity (Wildman–Crippen MR) is 166 cm³/mol. The Kier molecular flexibility index (Phi) is 9.23. The summed E-state index contributed by atoms with van der Waals surface area (Å²) in [7, 11) is -4.03. The number of hydrogen-bond acceptors (Lipinski definition) is 5. The molecule has 0 spiro atoms. The largest absolute Gasteiger partial charge is 0.477 e. The summed E-state index contributed by atoms with van der Waals surface area (Å²) in [5.74, 6) is -0.412. The molecule has 0 aliphatic carbocycles. The maximum absolute atomic E-state index is 14.0. The van der Waals surface area contributed by atoms with Gasteiger partial charge in [-0.1, -0.05) is 90.0 Å². The van der Waals surface area contributed by atoms with Crippen molar-refractivity contribution in [1.82, 2.24) is 9.62 Å². The van der Waals surface area contributed by atoms with Gasteiger partial charge in [0.25, 0.3) is 5.91 Å². The van der Waals surface area contributed by atoms with E-state index in [2.05, 4.69) is 5.32 Å². The van der Waals surface area contributed by atoms with Gasteiger partial charge in [-0.15, -0.1) is 0 Å². The van der Waals surface area contributed by atoms with Crippen LogP contribution in [0.2, 0.25) is 0 Å². The number of aryl methyl sites for hydroxylation is 2. The number of sulfonamides is 1. The van der Waals surface area contributed by atoms with E-state index in [1.54, 1.807) is 48.5 Å². The summed E-state index contributed by atoms with van der Waals surface area (Å²) in [6.45, 7) is 3.78. The van der Waals surface area contributed by atoms with Crippen molar-refractivity contribution in [2.24, 2.45) is 0 Å². The fourth-order valence-electron chi connectivity index (χ4n) is 5.03. The van der Waals surface area contributed by atoms with E-state index < -0.39 is 28.6 Å². The maximum Gasteiger partial charge on any atom is 0.262 e. The lowest BCUT2D eigenvalue weighted by Crippen LogP contribution is -2.53. The average molecular weight is 598 g/mol. The Morgan fingerprint density at radius 1 is 0.860 bits per heavy atom. The molecule has 1 N–H and O–H groups in total. The van der Waals surface area contributed by atoms with Crippen LogP contribution in [0.1, 0.15) is 22.3 Å². The van der Waals surface area contributed by atoms with E-state index in [9.17, 15) is 18.0 Å². The van der Waals surface area contributed by atoms with Crippen LogP contribution in [0, 0.1) is 13.8 Å². The fourth-order valence-corrected chi connectivity index (χ4v) is 6.41. The number of amides is 2. The zero-order valence-corrected chi connectivity index (χ0v) is 25.1. The molecule has 4 aromatic carbocycles. The van der Waals surface area contributed by atoms with Crippen LogP contribution in [0.3, 0.4) is 0 Å². The van der Waals surface area contributed by atoms with E-state index in [1.807, 2.05) is 68.4 Å². The Labute approximate surface area is 253 Å². The van der Waals surface area contributed by atoms with Crippen molar-refractivity contribution in [3.05, 3.63) is 125 Å². The third-order valence-electron chi connectivity index (χ3n) is 7.33. The quantitative estimate of drug-likeness (QED) is 0.287. The van der Waals surface area contributed by atoms with Crippen molar-refractivity contribution in [3.63, 3.8) is 0 Å². The minimum atomic E-state index is -4.03. The second-order valence-corrected chi connectivity index (χ2v) is 12.6. The summed E-state index contributed by atoms with van der Waals surface area (Å²) in [5, 5.41) is 2.91. The Hall–Kier alpha value is -4.47. The first-order valence-corrected chi connectivity index (χ1v) is 15.6. The number of rotatable bonds is 10. The summed E-state index contributed by atoms with van der Waals surface area (Å²) in [4.78, 5) is 28.7. The zero-order chi connectivity index (χ0) is 30.4. The highest BCUT2D eigenvalue weighted by atomic mass is 32.2. The van der Waals surface area contributed by atoms with Gasteiger partial charge >= 0.3 is 0 Å². The monoisotopic (exact) mass is 597 g/mol. The van der Waals surface area contributed by atoms with Crippen LogP contribution in [0.15, 0.2) is 108 Å². The number of hydrogen-bond donors (Lipinski definition) is 1. The second-order valence-electron chi connectivity index (χ2n) is 10.7. The van der Waals surface area contributed by atoms with Gasteiger partial charge in [-0.3, -0.25) is 9.59 Å². The van der Waals surface area contributed by atoms with E-state index in [0.717, 1.165) is 22.3 Å². The van der Waals surface area contributed by atoms with Crippen molar-refractivity contribution < 1.29 is 22.7 Å². The van der Waals surface area contributed by atoms with Crippen molar-refractivity contribution in [1.29, 1.82) is 0 Å². The van der Waals surface area contributed by atoms with Crippen LogP contribution in [0.25, 0.3) is 0 Å². The molecule has 0 bridgehead atoms. The first-order valence-electron chi connectivity index (χ1n) is 14.2. The number of nitrogens with zero attached hydrogens (tertiary/aromatic N) is 2. The van der Waals surface area contributed by atoms with Gasteiger partial charge in [0, 0.05) is 13.1 Å². The number of benzene rings is 4. The van der Waals surface area contributed by atoms with Crippen molar-refractivity contribution >= 4 is 27.5 Å². The van der Waals surface area contributed by atoms with Crippen molar-refractivity contribution in [2.75, 3.05) is 24.5 Å². The Morgan fingerprint density at radius 3 is 2.30 bits per heavy atom. The van der Waals surface area contributed by atoms with Gasteiger partial charge in [-0.2, -0.15) is 4.31 Å². The topological polar surface area (TPSA) is 96.0 Å². The third kappa shape index (κ3) is 7.31. The molecule has 8 nitrogen and oxygen atoms in total. The summed E-state index contributed by atoms with van der Waals surface area (Å²) in [6, 6.07) is 30.9. The van der Waals surface area contributed by atoms with Gasteiger partial charge in [-0.25, -0.2) is 8.42 Å². The highest BCUT2D eigenvalue weighted by molar-refractivity contribution is 7.89. The van der Waals surface area contributed by atoms with Crippen LogP contribution in [-0.2, 0) is 32.6 Å². The molecule has 4 aromatic rings. The third-order valence-corrected chi connectivity index (χ3v) is 9.14. The first kappa shape index (κ1) is 30.0. The van der Waals surface area contributed by atoms with Crippen molar-refractivity contribution in [3.8, 4) is 5.75 Å². The molecule has 0 saturated heterocycles. The molecule has 0 unspecified atom stereocenters. The molecule has 1 aliphatic heterocycles. The molecular formula is C34H35N3O5S. The summed E-state index contributed by atoms with van der Waals surface area (Å²) < 4.78 is 34.9. The van der Waals surface area contributed by atoms with Gasteiger partial charge in [-0.05, 0) is 55.7 Å². The van der Waals surface area contributed by atoms with Crippen LogP contribution in [0.4, 0.5) is 5.69 Å². The predicted octanol–water partition coefficient (Wildman–Crippen LogP) is 4.65. The molecule has 0 aromatic heterocycles. The van der Waals surface area contributed by atoms with E-state index in [4.69, 9.17) is 4.74 Å². The number of para-hydroxylation sites is 2. The second kappa shape index (κ2) is 13.2. The standard InChI is InChI=1S/C34H35N3O5S/c1-25-15-17-29(18-16-25)43(40,41)36(22-28-12-8-9-26(2)21-28)24-33(38)37-23-32(42-31-14-7-6-13-30(31)37)34(39)35-20-19-27-10-4-3-5-11-27/h3-18,21,32H,19-20,22-24H2,1-2H3,(H,35,39)/t32-/m0/s1. The molecule has 1 heterocycles. The number of carbonyl (C=O) groups excluding carboxylic acids is 2. The minimum Gasteiger partial charge on any atom is -0.477 e. The SMILES string of the molecule is Cc1ccc(S(=O)(=O)N(CC(=O)N2C[C@@H](C(=O)NCCc3ccccc3)Oc3ccccc32)Cc2cccc(C)c2)cc1. The lowest BCUT2D eigenvalue weighted by molar-refractivity contribution is -0.128. The number of anilines is 1. The molecule has 9 heteroatoms. The highest BCUT2D eigenvalue weighted by Gasteiger charge is 2.36. The van der Waals surface area contributed by atoms with Gasteiger partial charge in [0.2, 0.25) is 15.9 Å². The molecule has 2 amide bonds. The summed E-state index contributed by atoms with van der Waals surface area (Å²) >= 11 is 0. The fraction of sp³-hybridized carbons (Fsp3) is 0.235. The van der Waals surface area contributed by atoms with E-state index >= 15 is 0 Å². The van der Waals surface area contributed by atoms with Crippen LogP contribution in [0.5, 0.6) is 5.75 Å². The zero-order valence-electron chi connectivity index (χ0n) is 24.3. The van der Waals surface area contributed by atoms with Crippen molar-refractivity contribution in [2.45, 2.75) is 37.8 Å². The van der Waals surface area contributed by atoms with Gasteiger partial charge in [0.05, 0.1) is 23.7 Å². The molecule has 0 saturated carbocycles. The smallest absolute Gasteiger partial charge is 0.262 e. The molecule has 1 aliphatic rings. The summed E-state index contributed by atoms with van der Waals surface area (Å²) in [5.41, 5.74) is 4.27. The maximum atomic E-state index is 14.0. The van der Waals surface area contributed by atoms with E-state index in [1.165, 1.54) is 9.21 Å². The Balaban J connectivity index is 1.38. The Bertz CT molecular complexity index is 1690.